The highest BCUT2D eigenvalue weighted by atomic mass is 16.4. The van der Waals surface area contributed by atoms with Gasteiger partial charge in [-0.3, -0.25) is 14.4 Å². The lowest BCUT2D eigenvalue weighted by molar-refractivity contribution is -0.142. The Morgan fingerprint density at radius 2 is 1.77 bits per heavy atom. The number of benzene rings is 1. The molecule has 0 aliphatic carbocycles. The fraction of sp³-hybridized carbons (Fsp3) is 0.550. The molecular weight excluding hydrogens is 332 g/mol. The maximum Gasteiger partial charge on any atom is 0.308 e. The van der Waals surface area contributed by atoms with Crippen LogP contribution in [0.15, 0.2) is 18.2 Å². The summed E-state index contributed by atoms with van der Waals surface area (Å²) in [4.78, 5) is 38.1. The molecule has 3 unspecified atom stereocenters. The van der Waals surface area contributed by atoms with Gasteiger partial charge in [-0.15, -0.1) is 0 Å². The fourth-order valence-electron chi connectivity index (χ4n) is 3.34. The molecule has 2 N–H and O–H groups in total. The second-order valence-electron chi connectivity index (χ2n) is 7.39. The summed E-state index contributed by atoms with van der Waals surface area (Å²) < 4.78 is 0. The van der Waals surface area contributed by atoms with E-state index in [1.807, 2.05) is 32.0 Å². The quantitative estimate of drug-likeness (QED) is 0.844. The molecule has 2 amide bonds. The van der Waals surface area contributed by atoms with Gasteiger partial charge in [-0.05, 0) is 52.7 Å². The predicted octanol–water partition coefficient (Wildman–Crippen LogP) is 2.38. The molecule has 6 nitrogen and oxygen atoms in total. The molecule has 1 aliphatic rings. The first-order chi connectivity index (χ1) is 12.2. The number of nitrogens with zero attached hydrogens (tertiary/aromatic N) is 1. The van der Waals surface area contributed by atoms with E-state index < -0.39 is 17.9 Å². The number of aryl methyl sites for hydroxylation is 2. The monoisotopic (exact) mass is 360 g/mol. The summed E-state index contributed by atoms with van der Waals surface area (Å²) in [7, 11) is 0. The number of carbonyl (C=O) groups is 3. The second-order valence-corrected chi connectivity index (χ2v) is 7.39. The number of amides is 2. The minimum Gasteiger partial charge on any atom is -0.481 e. The topological polar surface area (TPSA) is 86.7 Å². The Kier molecular flexibility index (Phi) is 6.40. The SMILES string of the molecule is Cc1cc(C)cc(C(=O)N2CCCC(C(=O)NC(C)C(C)C(=O)O)C2)c1. The minimum absolute atomic E-state index is 0.0544. The van der Waals surface area contributed by atoms with Gasteiger partial charge in [0, 0.05) is 24.7 Å². The molecule has 1 aromatic rings. The number of hydrogen-bond acceptors (Lipinski definition) is 3. The maximum atomic E-state index is 12.8. The summed E-state index contributed by atoms with van der Waals surface area (Å²) in [6.45, 7) is 8.19. The first-order valence-electron chi connectivity index (χ1n) is 9.09. The van der Waals surface area contributed by atoms with Crippen LogP contribution in [0.4, 0.5) is 0 Å². The summed E-state index contributed by atoms with van der Waals surface area (Å²) in [6, 6.07) is 5.31. The molecule has 0 aromatic heterocycles. The lowest BCUT2D eigenvalue weighted by atomic mass is 9.95. The largest absolute Gasteiger partial charge is 0.481 e. The van der Waals surface area contributed by atoms with E-state index in [2.05, 4.69) is 5.32 Å². The zero-order valence-electron chi connectivity index (χ0n) is 15.9. The van der Waals surface area contributed by atoms with Crippen LogP contribution in [0.2, 0.25) is 0 Å². The summed E-state index contributed by atoms with van der Waals surface area (Å²) in [5.41, 5.74) is 2.73. The predicted molar refractivity (Wildman–Crippen MR) is 98.9 cm³/mol. The van der Waals surface area contributed by atoms with E-state index in [1.54, 1.807) is 18.7 Å². The first kappa shape index (κ1) is 19.9. The molecule has 1 aromatic carbocycles. The van der Waals surface area contributed by atoms with Crippen molar-refractivity contribution in [2.24, 2.45) is 11.8 Å². The molecular formula is C20H28N2O4. The van der Waals surface area contributed by atoms with Crippen molar-refractivity contribution >= 4 is 17.8 Å². The van der Waals surface area contributed by atoms with Crippen LogP contribution in [-0.2, 0) is 9.59 Å². The lowest BCUT2D eigenvalue weighted by Crippen LogP contribution is -2.49. The van der Waals surface area contributed by atoms with Crippen LogP contribution in [-0.4, -0.2) is 46.9 Å². The van der Waals surface area contributed by atoms with Gasteiger partial charge < -0.3 is 15.3 Å². The van der Waals surface area contributed by atoms with E-state index in [0.29, 0.717) is 25.1 Å². The van der Waals surface area contributed by atoms with Crippen LogP contribution in [0.5, 0.6) is 0 Å². The average Bonchev–Trinajstić information content (AvgIpc) is 2.59. The minimum atomic E-state index is -0.937. The standard InChI is InChI=1S/C20H28N2O4/c1-12-8-13(2)10-17(9-12)19(24)22-7-5-6-16(11-22)18(23)21-15(4)14(3)20(25)26/h8-10,14-16H,5-7,11H2,1-4H3,(H,21,23)(H,25,26). The van der Waals surface area contributed by atoms with E-state index in [1.165, 1.54) is 0 Å². The van der Waals surface area contributed by atoms with Crippen molar-refractivity contribution in [3.63, 3.8) is 0 Å². The molecule has 2 rings (SSSR count). The molecule has 0 radical (unpaired) electrons. The van der Waals surface area contributed by atoms with Gasteiger partial charge in [0.2, 0.25) is 5.91 Å². The molecule has 142 valence electrons. The zero-order valence-corrected chi connectivity index (χ0v) is 15.9. The van der Waals surface area contributed by atoms with Crippen molar-refractivity contribution in [3.05, 3.63) is 34.9 Å². The molecule has 0 spiro atoms. The van der Waals surface area contributed by atoms with E-state index in [0.717, 1.165) is 17.5 Å². The third-order valence-electron chi connectivity index (χ3n) is 5.06. The Morgan fingerprint density at radius 3 is 2.35 bits per heavy atom. The van der Waals surface area contributed by atoms with Gasteiger partial charge in [0.25, 0.3) is 5.91 Å². The molecule has 1 saturated heterocycles. The Labute approximate surface area is 154 Å². The van der Waals surface area contributed by atoms with Crippen LogP contribution < -0.4 is 5.32 Å². The van der Waals surface area contributed by atoms with Crippen LogP contribution in [0.1, 0.15) is 48.2 Å². The number of carbonyl (C=O) groups excluding carboxylic acids is 2. The van der Waals surface area contributed by atoms with E-state index in [4.69, 9.17) is 5.11 Å². The highest BCUT2D eigenvalue weighted by Crippen LogP contribution is 2.20. The van der Waals surface area contributed by atoms with Gasteiger partial charge in [-0.25, -0.2) is 0 Å². The third kappa shape index (κ3) is 4.84. The fourth-order valence-corrected chi connectivity index (χ4v) is 3.34. The van der Waals surface area contributed by atoms with Gasteiger partial charge in [0.15, 0.2) is 0 Å². The maximum absolute atomic E-state index is 12.8. The Morgan fingerprint density at radius 1 is 1.15 bits per heavy atom. The highest BCUT2D eigenvalue weighted by Gasteiger charge is 2.31. The normalized spacial score (nSPS) is 19.5. The Hall–Kier alpha value is -2.37. The van der Waals surface area contributed by atoms with Gasteiger partial charge >= 0.3 is 5.97 Å². The molecule has 26 heavy (non-hydrogen) atoms. The average molecular weight is 360 g/mol. The number of carboxylic acids is 1. The van der Waals surface area contributed by atoms with Gasteiger partial charge in [-0.1, -0.05) is 17.2 Å². The number of hydrogen-bond donors (Lipinski definition) is 2. The van der Waals surface area contributed by atoms with Gasteiger partial charge in [0.1, 0.15) is 0 Å². The molecule has 3 atom stereocenters. The molecule has 0 saturated carbocycles. The lowest BCUT2D eigenvalue weighted by Gasteiger charge is -2.33. The van der Waals surface area contributed by atoms with Gasteiger partial charge in [-0.2, -0.15) is 0 Å². The van der Waals surface area contributed by atoms with Crippen LogP contribution in [0.25, 0.3) is 0 Å². The summed E-state index contributed by atoms with van der Waals surface area (Å²) in [6.07, 6.45) is 1.47. The van der Waals surface area contributed by atoms with Crippen molar-refractivity contribution in [3.8, 4) is 0 Å². The highest BCUT2D eigenvalue weighted by molar-refractivity contribution is 5.95. The summed E-state index contributed by atoms with van der Waals surface area (Å²) in [5, 5.41) is 11.8. The molecule has 1 heterocycles. The van der Waals surface area contributed by atoms with Crippen LogP contribution >= 0.6 is 0 Å². The number of aliphatic carboxylic acids is 1. The van der Waals surface area contributed by atoms with Crippen molar-refractivity contribution in [2.45, 2.75) is 46.6 Å². The first-order valence-corrected chi connectivity index (χ1v) is 9.09. The number of carboxylic acid groups (broad SMARTS) is 1. The zero-order chi connectivity index (χ0) is 19.4. The molecule has 6 heteroatoms. The van der Waals surface area contributed by atoms with E-state index in [9.17, 15) is 14.4 Å². The molecule has 1 aliphatic heterocycles. The molecule has 0 bridgehead atoms. The number of likely N-dealkylation sites (tertiary alicyclic amines) is 1. The number of piperidine rings is 1. The smallest absolute Gasteiger partial charge is 0.308 e. The van der Waals surface area contributed by atoms with Crippen molar-refractivity contribution < 1.29 is 19.5 Å². The van der Waals surface area contributed by atoms with Crippen LogP contribution in [0, 0.1) is 25.7 Å². The van der Waals surface area contributed by atoms with Crippen molar-refractivity contribution in [2.75, 3.05) is 13.1 Å². The summed E-state index contributed by atoms with van der Waals surface area (Å²) in [5.74, 6) is -2.13. The second kappa shape index (κ2) is 8.34. The Balaban J connectivity index is 2.03. The van der Waals surface area contributed by atoms with Crippen molar-refractivity contribution in [1.29, 1.82) is 0 Å². The third-order valence-corrected chi connectivity index (χ3v) is 5.06. The summed E-state index contributed by atoms with van der Waals surface area (Å²) >= 11 is 0. The number of nitrogens with one attached hydrogen (secondary N) is 1. The van der Waals surface area contributed by atoms with Crippen molar-refractivity contribution in [1.82, 2.24) is 10.2 Å². The van der Waals surface area contributed by atoms with Gasteiger partial charge in [0.05, 0.1) is 11.8 Å². The number of rotatable bonds is 5. The van der Waals surface area contributed by atoms with Crippen LogP contribution in [0.3, 0.4) is 0 Å². The molecule has 1 fully saturated rings. The Bertz CT molecular complexity index is 681. The van der Waals surface area contributed by atoms with E-state index in [-0.39, 0.29) is 17.7 Å². The van der Waals surface area contributed by atoms with E-state index >= 15 is 0 Å².